The van der Waals surface area contributed by atoms with Crippen molar-refractivity contribution in [2.24, 2.45) is 11.7 Å². The summed E-state index contributed by atoms with van der Waals surface area (Å²) in [5.74, 6) is -0.243. The van der Waals surface area contributed by atoms with Gasteiger partial charge in [0.05, 0.1) is 16.3 Å². The van der Waals surface area contributed by atoms with E-state index in [0.29, 0.717) is 44.0 Å². The van der Waals surface area contributed by atoms with Crippen LogP contribution in [0.3, 0.4) is 0 Å². The number of nitrogens with two attached hydrogens (primary N) is 1. The molecule has 26 heavy (non-hydrogen) atoms. The van der Waals surface area contributed by atoms with E-state index in [-0.39, 0.29) is 17.6 Å². The molecule has 2 aromatic rings. The third-order valence-corrected chi connectivity index (χ3v) is 5.73. The van der Waals surface area contributed by atoms with Crippen molar-refractivity contribution in [1.82, 2.24) is 10.3 Å². The largest absolute Gasteiger partial charge is 0.381 e. The Labute approximate surface area is 157 Å². The Balaban J connectivity index is 1.73. The fourth-order valence-corrected chi connectivity index (χ4v) is 4.10. The van der Waals surface area contributed by atoms with Crippen molar-refractivity contribution in [3.8, 4) is 0 Å². The van der Waals surface area contributed by atoms with Gasteiger partial charge in [-0.25, -0.2) is 4.98 Å². The standard InChI is InChI=1S/C19H25N3O3S/c20-10-4-3-6-15(21-18(24)13-8-11-25-12-9-13)17(23)19-22-14-5-1-2-7-16(14)26-19/h1-2,5,7,13,15H,3-4,6,8-12,20H2,(H,21,24)/t15-/m0/s1. The summed E-state index contributed by atoms with van der Waals surface area (Å²) >= 11 is 1.38. The van der Waals surface area contributed by atoms with Gasteiger partial charge >= 0.3 is 0 Å². The Morgan fingerprint density at radius 3 is 2.77 bits per heavy atom. The number of ether oxygens (including phenoxy) is 1. The fourth-order valence-electron chi connectivity index (χ4n) is 3.14. The number of unbranched alkanes of at least 4 members (excludes halogenated alkanes) is 1. The summed E-state index contributed by atoms with van der Waals surface area (Å²) in [5.41, 5.74) is 6.39. The van der Waals surface area contributed by atoms with Crippen LogP contribution >= 0.6 is 11.3 Å². The van der Waals surface area contributed by atoms with Crippen molar-refractivity contribution < 1.29 is 14.3 Å². The van der Waals surface area contributed by atoms with Crippen LogP contribution in [0.4, 0.5) is 0 Å². The molecule has 2 heterocycles. The molecule has 1 saturated heterocycles. The first-order chi connectivity index (χ1) is 12.7. The minimum Gasteiger partial charge on any atom is -0.381 e. The molecule has 6 nitrogen and oxygen atoms in total. The molecule has 1 aliphatic heterocycles. The number of fused-ring (bicyclic) bond motifs is 1. The van der Waals surface area contributed by atoms with E-state index in [1.54, 1.807) is 0 Å². The molecule has 1 aromatic carbocycles. The topological polar surface area (TPSA) is 94.3 Å². The molecule has 0 spiro atoms. The molecule has 0 bridgehead atoms. The molecular weight excluding hydrogens is 350 g/mol. The highest BCUT2D eigenvalue weighted by molar-refractivity contribution is 7.20. The summed E-state index contributed by atoms with van der Waals surface area (Å²) in [5, 5.41) is 3.42. The van der Waals surface area contributed by atoms with Gasteiger partial charge in [0.1, 0.15) is 0 Å². The van der Waals surface area contributed by atoms with Gasteiger partial charge in [-0.3, -0.25) is 9.59 Å². The number of benzene rings is 1. The van der Waals surface area contributed by atoms with Crippen LogP contribution in [0.1, 0.15) is 41.9 Å². The molecule has 1 aromatic heterocycles. The fraction of sp³-hybridized carbons (Fsp3) is 0.526. The number of hydrogen-bond donors (Lipinski definition) is 2. The summed E-state index contributed by atoms with van der Waals surface area (Å²) in [6, 6.07) is 7.14. The van der Waals surface area contributed by atoms with E-state index in [1.807, 2.05) is 24.3 Å². The molecule has 140 valence electrons. The lowest BCUT2D eigenvalue weighted by Crippen LogP contribution is -2.44. The maximum absolute atomic E-state index is 13.0. The summed E-state index contributed by atoms with van der Waals surface area (Å²) in [6.07, 6.45) is 3.62. The number of para-hydroxylation sites is 1. The number of Topliss-reactive ketones (excluding diaryl/α,β-unsaturated/α-hetero) is 1. The highest BCUT2D eigenvalue weighted by atomic mass is 32.1. The van der Waals surface area contributed by atoms with Gasteiger partial charge in [0.2, 0.25) is 11.7 Å². The van der Waals surface area contributed by atoms with Gasteiger partial charge in [0.15, 0.2) is 5.01 Å². The third-order valence-electron chi connectivity index (χ3n) is 4.68. The smallest absolute Gasteiger partial charge is 0.223 e. The van der Waals surface area contributed by atoms with Crippen molar-refractivity contribution in [3.05, 3.63) is 29.3 Å². The second-order valence-corrected chi connectivity index (χ2v) is 7.61. The van der Waals surface area contributed by atoms with Crippen LogP contribution in [0.25, 0.3) is 10.2 Å². The zero-order chi connectivity index (χ0) is 18.4. The summed E-state index contributed by atoms with van der Waals surface area (Å²) in [4.78, 5) is 30.0. The molecule has 0 saturated carbocycles. The predicted molar refractivity (Wildman–Crippen MR) is 102 cm³/mol. The number of aromatic nitrogens is 1. The molecule has 3 rings (SSSR count). The van der Waals surface area contributed by atoms with Gasteiger partial charge in [-0.2, -0.15) is 0 Å². The lowest BCUT2D eigenvalue weighted by Gasteiger charge is -2.24. The number of nitrogens with one attached hydrogen (secondary N) is 1. The molecule has 1 amide bonds. The molecule has 3 N–H and O–H groups in total. The van der Waals surface area contributed by atoms with Gasteiger partial charge in [-0.15, -0.1) is 11.3 Å². The molecule has 7 heteroatoms. The molecule has 1 atom stereocenters. The molecule has 1 fully saturated rings. The Morgan fingerprint density at radius 1 is 1.27 bits per heavy atom. The molecule has 1 aliphatic rings. The van der Waals surface area contributed by atoms with E-state index in [1.165, 1.54) is 11.3 Å². The van der Waals surface area contributed by atoms with E-state index in [4.69, 9.17) is 10.5 Å². The maximum Gasteiger partial charge on any atom is 0.223 e. The normalized spacial score (nSPS) is 16.5. The van der Waals surface area contributed by atoms with E-state index >= 15 is 0 Å². The Morgan fingerprint density at radius 2 is 2.04 bits per heavy atom. The van der Waals surface area contributed by atoms with Crippen molar-refractivity contribution >= 4 is 33.2 Å². The van der Waals surface area contributed by atoms with Crippen LogP contribution < -0.4 is 11.1 Å². The first-order valence-corrected chi connectivity index (χ1v) is 9.98. The number of ketones is 1. The van der Waals surface area contributed by atoms with E-state index < -0.39 is 6.04 Å². The quantitative estimate of drug-likeness (QED) is 0.546. The van der Waals surface area contributed by atoms with Crippen LogP contribution in [0.5, 0.6) is 0 Å². The minimum atomic E-state index is -0.544. The number of thiazole rings is 1. The lowest BCUT2D eigenvalue weighted by atomic mass is 9.97. The monoisotopic (exact) mass is 375 g/mol. The highest BCUT2D eigenvalue weighted by Gasteiger charge is 2.28. The second kappa shape index (κ2) is 9.21. The van der Waals surface area contributed by atoms with Gasteiger partial charge in [-0.05, 0) is 50.8 Å². The Bertz CT molecular complexity index is 722. The predicted octanol–water partition coefficient (Wildman–Crippen LogP) is 2.52. The first kappa shape index (κ1) is 18.9. The summed E-state index contributed by atoms with van der Waals surface area (Å²) < 4.78 is 6.29. The Kier molecular flexibility index (Phi) is 6.71. The molecule has 0 radical (unpaired) electrons. The number of rotatable bonds is 8. The third kappa shape index (κ3) is 4.66. The van der Waals surface area contributed by atoms with Crippen LogP contribution in [0.2, 0.25) is 0 Å². The van der Waals surface area contributed by atoms with Gasteiger partial charge in [0.25, 0.3) is 0 Å². The van der Waals surface area contributed by atoms with Crippen LogP contribution in [-0.4, -0.2) is 42.5 Å². The Hall–Kier alpha value is -1.83. The van der Waals surface area contributed by atoms with E-state index in [9.17, 15) is 9.59 Å². The van der Waals surface area contributed by atoms with E-state index in [0.717, 1.165) is 23.1 Å². The van der Waals surface area contributed by atoms with Gasteiger partial charge in [-0.1, -0.05) is 12.1 Å². The van der Waals surface area contributed by atoms with Gasteiger partial charge < -0.3 is 15.8 Å². The molecular formula is C19H25N3O3S. The van der Waals surface area contributed by atoms with Crippen molar-refractivity contribution in [1.29, 1.82) is 0 Å². The van der Waals surface area contributed by atoms with Gasteiger partial charge in [0, 0.05) is 19.1 Å². The number of nitrogens with zero attached hydrogens (tertiary/aromatic N) is 1. The second-order valence-electron chi connectivity index (χ2n) is 6.58. The van der Waals surface area contributed by atoms with E-state index in [2.05, 4.69) is 10.3 Å². The summed E-state index contributed by atoms with van der Waals surface area (Å²) in [6.45, 7) is 1.78. The average molecular weight is 375 g/mol. The summed E-state index contributed by atoms with van der Waals surface area (Å²) in [7, 11) is 0. The first-order valence-electron chi connectivity index (χ1n) is 9.17. The minimum absolute atomic E-state index is 0.0551. The van der Waals surface area contributed by atoms with Crippen LogP contribution in [0.15, 0.2) is 24.3 Å². The number of carbonyl (C=O) groups excluding carboxylic acids is 2. The van der Waals surface area contributed by atoms with Crippen LogP contribution in [0, 0.1) is 5.92 Å². The van der Waals surface area contributed by atoms with Crippen molar-refractivity contribution in [2.75, 3.05) is 19.8 Å². The molecule has 0 unspecified atom stereocenters. The van der Waals surface area contributed by atoms with Crippen molar-refractivity contribution in [3.63, 3.8) is 0 Å². The average Bonchev–Trinajstić information content (AvgIpc) is 3.11. The highest BCUT2D eigenvalue weighted by Crippen LogP contribution is 2.24. The number of amides is 1. The zero-order valence-electron chi connectivity index (χ0n) is 14.8. The van der Waals surface area contributed by atoms with Crippen molar-refractivity contribution in [2.45, 2.75) is 38.1 Å². The van der Waals surface area contributed by atoms with Crippen LogP contribution in [-0.2, 0) is 9.53 Å². The lowest BCUT2D eigenvalue weighted by molar-refractivity contribution is -0.128. The number of hydrogen-bond acceptors (Lipinski definition) is 6. The maximum atomic E-state index is 13.0. The zero-order valence-corrected chi connectivity index (χ0v) is 15.6. The SMILES string of the molecule is NCCCC[C@H](NC(=O)C1CCOCC1)C(=O)c1nc2ccccc2s1. The molecule has 0 aliphatic carbocycles. The number of carbonyl (C=O) groups is 2.